The number of benzene rings is 1. The van der Waals surface area contributed by atoms with Crippen molar-refractivity contribution in [2.75, 3.05) is 5.84 Å². The van der Waals surface area contributed by atoms with Gasteiger partial charge in [-0.3, -0.25) is 0 Å². The highest BCUT2D eigenvalue weighted by Crippen LogP contribution is 2.35. The average Bonchev–Trinajstić information content (AvgIpc) is 2.79. The van der Waals surface area contributed by atoms with E-state index in [1.807, 2.05) is 27.7 Å². The van der Waals surface area contributed by atoms with Crippen molar-refractivity contribution in [3.05, 3.63) is 35.7 Å². The van der Waals surface area contributed by atoms with Crippen molar-refractivity contribution >= 4 is 11.8 Å². The third-order valence-corrected chi connectivity index (χ3v) is 4.32. The Bertz CT molecular complexity index is 692. The van der Waals surface area contributed by atoms with Crippen LogP contribution in [0.5, 0.6) is 5.75 Å². The van der Waals surface area contributed by atoms with Gasteiger partial charge in [0.2, 0.25) is 5.16 Å². The maximum absolute atomic E-state index is 12.2. The van der Waals surface area contributed by atoms with E-state index in [0.717, 1.165) is 5.56 Å². The predicted molar refractivity (Wildman–Crippen MR) is 86.3 cm³/mol. The highest BCUT2D eigenvalue weighted by molar-refractivity contribution is 7.99. The molecule has 0 aliphatic rings. The summed E-state index contributed by atoms with van der Waals surface area (Å²) in [6, 6.07) is 5.74. The molecule has 0 saturated heterocycles. The number of alkyl halides is 3. The van der Waals surface area contributed by atoms with Crippen LogP contribution in [0.2, 0.25) is 0 Å². The minimum atomic E-state index is -4.69. The zero-order chi connectivity index (χ0) is 18.1. The van der Waals surface area contributed by atoms with Gasteiger partial charge >= 0.3 is 6.36 Å². The van der Waals surface area contributed by atoms with Gasteiger partial charge in [-0.25, -0.2) is 4.68 Å². The molecule has 0 amide bonds. The minimum Gasteiger partial charge on any atom is -0.406 e. The first-order valence-corrected chi connectivity index (χ1v) is 8.08. The standard InChI is InChI=1S/C15H19F3N4OS/c1-9(10-5-7-11(8-6-10)23-15(16,17)18)24-13-21-20-12(22(13)19)14(2,3)4/h5-9H,19H2,1-4H3. The van der Waals surface area contributed by atoms with Gasteiger partial charge < -0.3 is 10.6 Å². The van der Waals surface area contributed by atoms with Crippen LogP contribution in [0.4, 0.5) is 13.2 Å². The Morgan fingerprint density at radius 1 is 1.12 bits per heavy atom. The molecule has 5 nitrogen and oxygen atoms in total. The van der Waals surface area contributed by atoms with Crippen LogP contribution in [0.25, 0.3) is 0 Å². The van der Waals surface area contributed by atoms with Crippen molar-refractivity contribution < 1.29 is 17.9 Å². The fraction of sp³-hybridized carbons (Fsp3) is 0.467. The van der Waals surface area contributed by atoms with Crippen molar-refractivity contribution in [2.45, 2.75) is 49.9 Å². The summed E-state index contributed by atoms with van der Waals surface area (Å²) in [5.74, 6) is 6.44. The van der Waals surface area contributed by atoms with E-state index in [1.54, 1.807) is 12.1 Å². The van der Waals surface area contributed by atoms with Crippen LogP contribution in [0, 0.1) is 0 Å². The summed E-state index contributed by atoms with van der Waals surface area (Å²) < 4.78 is 41.8. The van der Waals surface area contributed by atoms with Crippen molar-refractivity contribution in [3.8, 4) is 5.75 Å². The predicted octanol–water partition coefficient (Wildman–Crippen LogP) is 4.04. The summed E-state index contributed by atoms with van der Waals surface area (Å²) >= 11 is 1.38. The number of halogens is 3. The highest BCUT2D eigenvalue weighted by Gasteiger charge is 2.31. The first-order chi connectivity index (χ1) is 11.0. The molecule has 0 radical (unpaired) electrons. The molecule has 0 fully saturated rings. The number of hydrogen-bond acceptors (Lipinski definition) is 5. The fourth-order valence-electron chi connectivity index (χ4n) is 2.04. The second kappa shape index (κ2) is 6.54. The molecular weight excluding hydrogens is 341 g/mol. The van der Waals surface area contributed by atoms with Crippen LogP contribution in [0.1, 0.15) is 44.3 Å². The smallest absolute Gasteiger partial charge is 0.406 e. The number of rotatable bonds is 4. The van der Waals surface area contributed by atoms with Crippen LogP contribution >= 0.6 is 11.8 Å². The van der Waals surface area contributed by atoms with Crippen molar-refractivity contribution in [3.63, 3.8) is 0 Å². The van der Waals surface area contributed by atoms with E-state index in [-0.39, 0.29) is 16.4 Å². The first kappa shape index (κ1) is 18.4. The largest absolute Gasteiger partial charge is 0.573 e. The number of nitrogens with two attached hydrogens (primary N) is 1. The molecule has 2 rings (SSSR count). The molecule has 24 heavy (non-hydrogen) atoms. The summed E-state index contributed by atoms with van der Waals surface area (Å²) in [6.45, 7) is 7.86. The Hall–Kier alpha value is -1.90. The molecule has 1 heterocycles. The van der Waals surface area contributed by atoms with Crippen LogP contribution in [-0.4, -0.2) is 21.2 Å². The first-order valence-electron chi connectivity index (χ1n) is 7.21. The van der Waals surface area contributed by atoms with Gasteiger partial charge in [0, 0.05) is 10.7 Å². The number of nitrogens with zero attached hydrogens (tertiary/aromatic N) is 3. The van der Waals surface area contributed by atoms with Gasteiger partial charge in [0.25, 0.3) is 0 Å². The Labute approximate surface area is 142 Å². The lowest BCUT2D eigenvalue weighted by Gasteiger charge is -2.17. The molecule has 1 unspecified atom stereocenters. The van der Waals surface area contributed by atoms with Gasteiger partial charge in [0.1, 0.15) is 5.75 Å². The van der Waals surface area contributed by atoms with Gasteiger partial charge in [0.05, 0.1) is 0 Å². The molecule has 9 heteroatoms. The Morgan fingerprint density at radius 2 is 1.71 bits per heavy atom. The lowest BCUT2D eigenvalue weighted by atomic mass is 9.96. The normalized spacial score (nSPS) is 13.8. The summed E-state index contributed by atoms with van der Waals surface area (Å²) in [5, 5.41) is 8.68. The number of thioether (sulfide) groups is 1. The zero-order valence-electron chi connectivity index (χ0n) is 13.8. The average molecular weight is 360 g/mol. The number of ether oxygens (including phenoxy) is 1. The SMILES string of the molecule is CC(Sc1nnc(C(C)(C)C)n1N)c1ccc(OC(F)(F)F)cc1. The number of nitrogen functional groups attached to an aromatic ring is 1. The van der Waals surface area contributed by atoms with E-state index in [9.17, 15) is 13.2 Å². The molecule has 0 spiro atoms. The second-order valence-corrected chi connectivity index (χ2v) is 7.61. The number of aromatic nitrogens is 3. The van der Waals surface area contributed by atoms with Crippen LogP contribution in [-0.2, 0) is 5.41 Å². The van der Waals surface area contributed by atoms with E-state index >= 15 is 0 Å². The van der Waals surface area contributed by atoms with Crippen LogP contribution in [0.15, 0.2) is 29.4 Å². The molecule has 0 aliphatic carbocycles. The number of hydrogen-bond donors (Lipinski definition) is 1. The van der Waals surface area contributed by atoms with E-state index in [1.165, 1.54) is 28.6 Å². The highest BCUT2D eigenvalue weighted by atomic mass is 32.2. The molecule has 0 saturated carbocycles. The third kappa shape index (κ3) is 4.56. The molecule has 1 aromatic heterocycles. The van der Waals surface area contributed by atoms with Crippen molar-refractivity contribution in [1.82, 2.24) is 14.9 Å². The van der Waals surface area contributed by atoms with Gasteiger partial charge in [-0.2, -0.15) is 0 Å². The third-order valence-electron chi connectivity index (χ3n) is 3.20. The Morgan fingerprint density at radius 3 is 2.17 bits per heavy atom. The monoisotopic (exact) mass is 360 g/mol. The van der Waals surface area contributed by atoms with Crippen molar-refractivity contribution in [2.24, 2.45) is 0 Å². The van der Waals surface area contributed by atoms with Gasteiger partial charge in [-0.15, -0.1) is 23.4 Å². The van der Waals surface area contributed by atoms with Crippen LogP contribution in [0.3, 0.4) is 0 Å². The Kier molecular flexibility index (Phi) is 5.03. The molecule has 132 valence electrons. The molecule has 0 bridgehead atoms. The molecule has 0 aliphatic heterocycles. The maximum atomic E-state index is 12.2. The van der Waals surface area contributed by atoms with Crippen LogP contribution < -0.4 is 10.6 Å². The van der Waals surface area contributed by atoms with Gasteiger partial charge in [-0.05, 0) is 24.6 Å². The molecule has 2 N–H and O–H groups in total. The van der Waals surface area contributed by atoms with Gasteiger partial charge in [0.15, 0.2) is 5.82 Å². The van der Waals surface area contributed by atoms with Crippen molar-refractivity contribution in [1.29, 1.82) is 0 Å². The van der Waals surface area contributed by atoms with Gasteiger partial charge in [-0.1, -0.05) is 44.7 Å². The Balaban J connectivity index is 2.10. The van der Waals surface area contributed by atoms with E-state index in [0.29, 0.717) is 11.0 Å². The zero-order valence-corrected chi connectivity index (χ0v) is 14.6. The van der Waals surface area contributed by atoms with E-state index < -0.39 is 6.36 Å². The second-order valence-electron chi connectivity index (χ2n) is 6.30. The molecule has 1 aromatic carbocycles. The quantitative estimate of drug-likeness (QED) is 0.658. The van der Waals surface area contributed by atoms with E-state index in [2.05, 4.69) is 14.9 Å². The topological polar surface area (TPSA) is 66.0 Å². The molecule has 2 aromatic rings. The minimum absolute atomic E-state index is 0.0655. The molecular formula is C15H19F3N4OS. The fourth-order valence-corrected chi connectivity index (χ4v) is 2.93. The summed E-state index contributed by atoms with van der Waals surface area (Å²) in [6.07, 6.45) is -4.69. The molecule has 1 atom stereocenters. The summed E-state index contributed by atoms with van der Waals surface area (Å²) in [4.78, 5) is 0. The maximum Gasteiger partial charge on any atom is 0.573 e. The van der Waals surface area contributed by atoms with E-state index in [4.69, 9.17) is 5.84 Å². The summed E-state index contributed by atoms with van der Waals surface area (Å²) in [5.41, 5.74) is 0.593. The summed E-state index contributed by atoms with van der Waals surface area (Å²) in [7, 11) is 0. The lowest BCUT2D eigenvalue weighted by Crippen LogP contribution is -2.24. The lowest BCUT2D eigenvalue weighted by molar-refractivity contribution is -0.274.